The first-order valence-electron chi connectivity index (χ1n) is 10.4. The summed E-state index contributed by atoms with van der Waals surface area (Å²) in [5.74, 6) is -0.438. The second-order valence-corrected chi connectivity index (χ2v) is 9.22. The molecular formula is C24H28BrN3O3. The number of hydrogen-bond donors (Lipinski definition) is 2. The van der Waals surface area contributed by atoms with Crippen LogP contribution < -0.4 is 10.6 Å². The molecule has 0 spiro atoms. The number of amides is 4. The largest absolute Gasteiger partial charge is 0.348 e. The predicted molar refractivity (Wildman–Crippen MR) is 123 cm³/mol. The molecule has 0 unspecified atom stereocenters. The van der Waals surface area contributed by atoms with E-state index in [2.05, 4.69) is 40.4 Å². The Hall–Kier alpha value is -2.67. The van der Waals surface area contributed by atoms with Gasteiger partial charge in [-0.2, -0.15) is 0 Å². The second-order valence-electron chi connectivity index (χ2n) is 8.30. The first kappa shape index (κ1) is 23.0. The molecule has 2 atom stereocenters. The molecule has 2 aromatic rings. The fraction of sp³-hybridized carbons (Fsp3) is 0.375. The van der Waals surface area contributed by atoms with E-state index in [0.717, 1.165) is 20.5 Å². The van der Waals surface area contributed by atoms with Crippen LogP contribution in [0.25, 0.3) is 0 Å². The Labute approximate surface area is 191 Å². The maximum absolute atomic E-state index is 13.1. The minimum atomic E-state index is -1.19. The van der Waals surface area contributed by atoms with Gasteiger partial charge in [-0.25, -0.2) is 4.79 Å². The average molecular weight is 486 g/mol. The lowest BCUT2D eigenvalue weighted by Gasteiger charge is -2.23. The molecule has 1 saturated heterocycles. The Morgan fingerprint density at radius 2 is 1.65 bits per heavy atom. The van der Waals surface area contributed by atoms with Crippen molar-refractivity contribution in [3.8, 4) is 0 Å². The van der Waals surface area contributed by atoms with Gasteiger partial charge in [0.1, 0.15) is 12.1 Å². The van der Waals surface area contributed by atoms with Crippen molar-refractivity contribution in [1.82, 2.24) is 15.5 Å². The van der Waals surface area contributed by atoms with Gasteiger partial charge in [0.05, 0.1) is 6.04 Å². The molecule has 7 heteroatoms. The lowest BCUT2D eigenvalue weighted by Crippen LogP contribution is -2.43. The molecule has 2 N–H and O–H groups in total. The van der Waals surface area contributed by atoms with Gasteiger partial charge in [-0.05, 0) is 48.1 Å². The summed E-state index contributed by atoms with van der Waals surface area (Å²) < 4.78 is 0.956. The zero-order valence-corrected chi connectivity index (χ0v) is 19.8. The van der Waals surface area contributed by atoms with Crippen molar-refractivity contribution >= 4 is 33.8 Å². The van der Waals surface area contributed by atoms with Gasteiger partial charge in [0.25, 0.3) is 5.91 Å². The van der Waals surface area contributed by atoms with Crippen molar-refractivity contribution in [3.63, 3.8) is 0 Å². The van der Waals surface area contributed by atoms with Crippen molar-refractivity contribution in [2.45, 2.75) is 51.6 Å². The molecule has 1 fully saturated rings. The minimum Gasteiger partial charge on any atom is -0.348 e. The van der Waals surface area contributed by atoms with Gasteiger partial charge in [-0.15, -0.1) is 0 Å². The van der Waals surface area contributed by atoms with Crippen LogP contribution in [-0.4, -0.2) is 29.3 Å². The Morgan fingerprint density at radius 1 is 1.06 bits per heavy atom. The van der Waals surface area contributed by atoms with E-state index in [9.17, 15) is 14.4 Å². The third-order valence-corrected chi connectivity index (χ3v) is 6.28. The quantitative estimate of drug-likeness (QED) is 0.562. The number of urea groups is 1. The van der Waals surface area contributed by atoms with E-state index in [0.29, 0.717) is 17.9 Å². The number of benzene rings is 2. The molecule has 0 aliphatic carbocycles. The topological polar surface area (TPSA) is 78.5 Å². The number of hydrogen-bond acceptors (Lipinski definition) is 3. The number of nitrogens with zero attached hydrogens (tertiary/aromatic N) is 1. The maximum atomic E-state index is 13.1. The number of halogens is 1. The molecule has 1 aliphatic heterocycles. The molecule has 0 bridgehead atoms. The van der Waals surface area contributed by atoms with E-state index in [-0.39, 0.29) is 18.5 Å². The summed E-state index contributed by atoms with van der Waals surface area (Å²) >= 11 is 3.40. The normalized spacial score (nSPS) is 19.5. The molecule has 1 aliphatic rings. The molecule has 1 heterocycles. The van der Waals surface area contributed by atoms with Crippen molar-refractivity contribution in [2.75, 3.05) is 6.54 Å². The van der Waals surface area contributed by atoms with Crippen LogP contribution in [0.1, 0.15) is 62.8 Å². The van der Waals surface area contributed by atoms with E-state index in [4.69, 9.17) is 0 Å². The first-order valence-corrected chi connectivity index (χ1v) is 11.2. The minimum absolute atomic E-state index is 0.198. The smallest absolute Gasteiger partial charge is 0.325 e. The first-order chi connectivity index (χ1) is 14.7. The zero-order valence-electron chi connectivity index (χ0n) is 18.2. The van der Waals surface area contributed by atoms with Gasteiger partial charge in [-0.3, -0.25) is 14.5 Å². The highest BCUT2D eigenvalue weighted by Gasteiger charge is 2.49. The van der Waals surface area contributed by atoms with Crippen LogP contribution in [0.4, 0.5) is 4.79 Å². The van der Waals surface area contributed by atoms with Crippen molar-refractivity contribution in [2.24, 2.45) is 0 Å². The number of imide groups is 1. The summed E-state index contributed by atoms with van der Waals surface area (Å²) in [5.41, 5.74) is 1.62. The van der Waals surface area contributed by atoms with Crippen LogP contribution in [0.2, 0.25) is 0 Å². The number of carbonyl (C=O) groups excluding carboxylic acids is 3. The standard InChI is InChI=1S/C24H28BrN3O3/c1-5-20(17-8-12-19(25)13-9-17)26-21(29)14-28-22(30)24(4,27-23(28)31)18-10-6-16(7-11-18)15(2)3/h6-13,15,20H,5,14H2,1-4H3,(H,26,29)(H,27,31)/t20-,24+/m0/s1. The van der Waals surface area contributed by atoms with Gasteiger partial charge in [0.2, 0.25) is 5.91 Å². The molecule has 0 saturated carbocycles. The van der Waals surface area contributed by atoms with Gasteiger partial charge in [0, 0.05) is 4.47 Å². The second kappa shape index (κ2) is 9.22. The number of nitrogens with one attached hydrogen (secondary N) is 2. The average Bonchev–Trinajstić information content (AvgIpc) is 2.96. The van der Waals surface area contributed by atoms with Crippen molar-refractivity contribution < 1.29 is 14.4 Å². The van der Waals surface area contributed by atoms with Gasteiger partial charge in [-0.1, -0.05) is 73.1 Å². The molecule has 4 amide bonds. The molecule has 3 rings (SSSR count). The SMILES string of the molecule is CC[C@H](NC(=O)CN1C(=O)N[C@](C)(c2ccc(C(C)C)cc2)C1=O)c1ccc(Br)cc1. The van der Waals surface area contributed by atoms with E-state index >= 15 is 0 Å². The third-order valence-electron chi connectivity index (χ3n) is 5.75. The number of carbonyl (C=O) groups is 3. The summed E-state index contributed by atoms with van der Waals surface area (Å²) in [4.78, 5) is 39.3. The highest BCUT2D eigenvalue weighted by atomic mass is 79.9. The molecule has 6 nitrogen and oxygen atoms in total. The molecule has 31 heavy (non-hydrogen) atoms. The van der Waals surface area contributed by atoms with Gasteiger partial charge >= 0.3 is 6.03 Å². The highest BCUT2D eigenvalue weighted by molar-refractivity contribution is 9.10. The molecule has 2 aromatic carbocycles. The number of rotatable bonds is 7. The lowest BCUT2D eigenvalue weighted by atomic mass is 9.90. The van der Waals surface area contributed by atoms with Gasteiger partial charge < -0.3 is 10.6 Å². The lowest BCUT2D eigenvalue weighted by molar-refractivity contribution is -0.135. The fourth-order valence-electron chi connectivity index (χ4n) is 3.74. The molecule has 0 radical (unpaired) electrons. The summed E-state index contributed by atoms with van der Waals surface area (Å²) in [7, 11) is 0. The van der Waals surface area contributed by atoms with Gasteiger partial charge in [0.15, 0.2) is 0 Å². The summed E-state index contributed by atoms with van der Waals surface area (Å²) in [6.45, 7) is 7.51. The molecule has 164 valence electrons. The Balaban J connectivity index is 1.71. The van der Waals surface area contributed by atoms with Crippen LogP contribution in [0.3, 0.4) is 0 Å². The maximum Gasteiger partial charge on any atom is 0.325 e. The van der Waals surface area contributed by atoms with Crippen LogP contribution in [0, 0.1) is 0 Å². The zero-order chi connectivity index (χ0) is 22.8. The Morgan fingerprint density at radius 3 is 2.19 bits per heavy atom. The fourth-order valence-corrected chi connectivity index (χ4v) is 4.00. The van der Waals surface area contributed by atoms with E-state index in [1.165, 1.54) is 0 Å². The van der Waals surface area contributed by atoms with E-state index in [1.807, 2.05) is 55.5 Å². The molecule has 0 aromatic heterocycles. The van der Waals surface area contributed by atoms with E-state index < -0.39 is 17.5 Å². The summed E-state index contributed by atoms with van der Waals surface area (Å²) in [5, 5.41) is 5.69. The van der Waals surface area contributed by atoms with Crippen LogP contribution in [-0.2, 0) is 15.1 Å². The Bertz CT molecular complexity index is 973. The summed E-state index contributed by atoms with van der Waals surface area (Å²) in [6, 6.07) is 14.6. The molecular weight excluding hydrogens is 458 g/mol. The summed E-state index contributed by atoms with van der Waals surface area (Å²) in [6.07, 6.45) is 0.688. The van der Waals surface area contributed by atoms with E-state index in [1.54, 1.807) is 6.92 Å². The van der Waals surface area contributed by atoms with Crippen LogP contribution in [0.15, 0.2) is 53.0 Å². The van der Waals surface area contributed by atoms with Crippen LogP contribution >= 0.6 is 15.9 Å². The third kappa shape index (κ3) is 4.82. The van der Waals surface area contributed by atoms with Crippen molar-refractivity contribution in [1.29, 1.82) is 0 Å². The van der Waals surface area contributed by atoms with Crippen LogP contribution in [0.5, 0.6) is 0 Å². The Kier molecular flexibility index (Phi) is 6.84. The highest BCUT2D eigenvalue weighted by Crippen LogP contribution is 2.30. The predicted octanol–water partition coefficient (Wildman–Crippen LogP) is 4.61. The monoisotopic (exact) mass is 485 g/mol. The van der Waals surface area contributed by atoms with Crippen molar-refractivity contribution in [3.05, 3.63) is 69.7 Å².